The standard InChI is InChI=1S/C10H11N5OS2/c1-5-3-6(2)14-9(7(5)8(11)15-16)17-10-12-4-13-18-10/h3-4,16H,1-2H3,(H2,11,15). The van der Waals surface area contributed by atoms with E-state index < -0.39 is 0 Å². The molecule has 0 radical (unpaired) electrons. The molecule has 2 aromatic rings. The third-order valence-corrected chi connectivity index (χ3v) is 3.90. The number of amidine groups is 1. The smallest absolute Gasteiger partial charge is 0.176 e. The van der Waals surface area contributed by atoms with Crippen molar-refractivity contribution in [3.63, 3.8) is 0 Å². The van der Waals surface area contributed by atoms with Crippen LogP contribution in [0.4, 0.5) is 0 Å². The average Bonchev–Trinajstić information content (AvgIpc) is 2.80. The van der Waals surface area contributed by atoms with Crippen LogP contribution in [0.3, 0.4) is 0 Å². The molecule has 0 fully saturated rings. The number of aryl methyl sites for hydroxylation is 2. The molecule has 2 rings (SSSR count). The molecule has 0 saturated carbocycles. The summed E-state index contributed by atoms with van der Waals surface area (Å²) >= 11 is 2.63. The number of nitrogens with two attached hydrogens (primary N) is 1. The van der Waals surface area contributed by atoms with Crippen LogP contribution in [0.25, 0.3) is 0 Å². The Bertz CT molecular complexity index is 582. The fourth-order valence-electron chi connectivity index (χ4n) is 1.53. The third-order valence-electron chi connectivity index (χ3n) is 2.20. The lowest BCUT2D eigenvalue weighted by atomic mass is 10.1. The van der Waals surface area contributed by atoms with Gasteiger partial charge in [-0.25, -0.2) is 9.97 Å². The van der Waals surface area contributed by atoms with Crippen molar-refractivity contribution >= 4 is 29.1 Å². The Labute approximate surface area is 112 Å². The molecule has 0 amide bonds. The van der Waals surface area contributed by atoms with Gasteiger partial charge in [-0.3, -0.25) is 0 Å². The van der Waals surface area contributed by atoms with Gasteiger partial charge in [0.15, 0.2) is 10.2 Å². The molecule has 0 aliphatic heterocycles. The summed E-state index contributed by atoms with van der Waals surface area (Å²) in [6.45, 7) is 3.79. The van der Waals surface area contributed by atoms with Gasteiger partial charge in [0.05, 0.1) is 5.56 Å². The van der Waals surface area contributed by atoms with Crippen LogP contribution < -0.4 is 5.73 Å². The van der Waals surface area contributed by atoms with Gasteiger partial charge in [-0.1, -0.05) is 5.16 Å². The molecule has 0 saturated heterocycles. The van der Waals surface area contributed by atoms with Crippen LogP contribution >= 0.6 is 23.3 Å². The summed E-state index contributed by atoms with van der Waals surface area (Å²) in [5.74, 6) is 0.0482. The highest BCUT2D eigenvalue weighted by Gasteiger charge is 2.15. The average molecular weight is 281 g/mol. The predicted molar refractivity (Wildman–Crippen MR) is 70.3 cm³/mol. The molecule has 94 valence electrons. The molecule has 2 heterocycles. The minimum atomic E-state index is 0.0482. The molecule has 0 unspecified atom stereocenters. The maximum Gasteiger partial charge on any atom is 0.176 e. The van der Waals surface area contributed by atoms with E-state index in [9.17, 15) is 0 Å². The van der Waals surface area contributed by atoms with E-state index in [1.807, 2.05) is 19.9 Å². The maximum absolute atomic E-state index is 8.83. The van der Waals surface area contributed by atoms with Crippen LogP contribution in [0.15, 0.2) is 26.9 Å². The van der Waals surface area contributed by atoms with Gasteiger partial charge in [0.25, 0.3) is 0 Å². The second-order valence-corrected chi connectivity index (χ2v) is 5.57. The van der Waals surface area contributed by atoms with Gasteiger partial charge in [0, 0.05) is 5.69 Å². The fraction of sp³-hybridized carbons (Fsp3) is 0.200. The summed E-state index contributed by atoms with van der Waals surface area (Å²) in [6, 6.07) is 1.89. The van der Waals surface area contributed by atoms with Crippen molar-refractivity contribution in [2.24, 2.45) is 10.9 Å². The SMILES string of the molecule is Cc1cc(C)c(C(N)=NO)c(Sc2ncns2)n1. The summed E-state index contributed by atoms with van der Waals surface area (Å²) in [6.07, 6.45) is 1.48. The quantitative estimate of drug-likeness (QED) is 0.385. The number of hydrogen-bond acceptors (Lipinski definition) is 7. The molecule has 18 heavy (non-hydrogen) atoms. The number of aromatic nitrogens is 3. The fourth-order valence-corrected chi connectivity index (χ4v) is 3.14. The van der Waals surface area contributed by atoms with Gasteiger partial charge in [-0.2, -0.15) is 4.37 Å². The molecular formula is C10H11N5OS2. The van der Waals surface area contributed by atoms with E-state index in [0.717, 1.165) is 15.6 Å². The minimum absolute atomic E-state index is 0.0482. The third kappa shape index (κ3) is 2.59. The molecule has 0 spiro atoms. The van der Waals surface area contributed by atoms with Crippen molar-refractivity contribution in [1.29, 1.82) is 0 Å². The van der Waals surface area contributed by atoms with Crippen molar-refractivity contribution in [2.75, 3.05) is 0 Å². The van der Waals surface area contributed by atoms with Gasteiger partial charge < -0.3 is 10.9 Å². The van der Waals surface area contributed by atoms with Crippen molar-refractivity contribution in [3.8, 4) is 0 Å². The van der Waals surface area contributed by atoms with E-state index in [0.29, 0.717) is 10.6 Å². The molecule has 6 nitrogen and oxygen atoms in total. The molecule has 0 aliphatic rings. The summed E-state index contributed by atoms with van der Waals surface area (Å²) in [5.41, 5.74) is 8.09. The van der Waals surface area contributed by atoms with Crippen LogP contribution in [-0.4, -0.2) is 25.4 Å². The summed E-state index contributed by atoms with van der Waals surface area (Å²) < 4.78 is 4.69. The second kappa shape index (κ2) is 5.32. The van der Waals surface area contributed by atoms with Crippen LogP contribution in [-0.2, 0) is 0 Å². The van der Waals surface area contributed by atoms with E-state index in [4.69, 9.17) is 10.9 Å². The Morgan fingerprint density at radius 3 is 2.89 bits per heavy atom. The molecular weight excluding hydrogens is 270 g/mol. The summed E-state index contributed by atoms with van der Waals surface area (Å²) in [7, 11) is 0. The Balaban J connectivity index is 2.50. The maximum atomic E-state index is 8.83. The number of rotatable bonds is 3. The summed E-state index contributed by atoms with van der Waals surface area (Å²) in [4.78, 5) is 8.49. The topological polar surface area (TPSA) is 97.3 Å². The molecule has 0 aromatic carbocycles. The van der Waals surface area contributed by atoms with Crippen molar-refractivity contribution in [2.45, 2.75) is 23.2 Å². The van der Waals surface area contributed by atoms with Crippen LogP contribution in [0.2, 0.25) is 0 Å². The highest BCUT2D eigenvalue weighted by atomic mass is 32.2. The highest BCUT2D eigenvalue weighted by molar-refractivity contribution is 8.01. The molecule has 0 atom stereocenters. The number of hydrogen-bond donors (Lipinski definition) is 2. The predicted octanol–water partition coefficient (Wildman–Crippen LogP) is 1.80. The van der Waals surface area contributed by atoms with E-state index >= 15 is 0 Å². The van der Waals surface area contributed by atoms with Crippen molar-refractivity contribution in [3.05, 3.63) is 29.2 Å². The van der Waals surface area contributed by atoms with Gasteiger partial charge in [0.1, 0.15) is 11.4 Å². The van der Waals surface area contributed by atoms with Crippen LogP contribution in [0.1, 0.15) is 16.8 Å². The van der Waals surface area contributed by atoms with Crippen molar-refractivity contribution < 1.29 is 5.21 Å². The second-order valence-electron chi connectivity index (χ2n) is 3.56. The lowest BCUT2D eigenvalue weighted by Gasteiger charge is -2.10. The Kier molecular flexibility index (Phi) is 3.78. The van der Waals surface area contributed by atoms with Crippen LogP contribution in [0, 0.1) is 13.8 Å². The van der Waals surface area contributed by atoms with Gasteiger partial charge in [-0.05, 0) is 48.8 Å². The molecule has 8 heteroatoms. The molecule has 0 aliphatic carbocycles. The lowest BCUT2D eigenvalue weighted by molar-refractivity contribution is 0.318. The van der Waals surface area contributed by atoms with Gasteiger partial charge in [0.2, 0.25) is 0 Å². The van der Waals surface area contributed by atoms with E-state index in [1.165, 1.54) is 29.6 Å². The first-order valence-electron chi connectivity index (χ1n) is 5.02. The van der Waals surface area contributed by atoms with Gasteiger partial charge >= 0.3 is 0 Å². The zero-order valence-corrected chi connectivity index (χ0v) is 11.4. The Morgan fingerprint density at radius 2 is 2.28 bits per heavy atom. The van der Waals surface area contributed by atoms with Crippen LogP contribution in [0.5, 0.6) is 0 Å². The zero-order chi connectivity index (χ0) is 13.1. The van der Waals surface area contributed by atoms with E-state index in [1.54, 1.807) is 0 Å². The number of nitrogens with zero attached hydrogens (tertiary/aromatic N) is 4. The lowest BCUT2D eigenvalue weighted by Crippen LogP contribution is -2.17. The van der Waals surface area contributed by atoms with E-state index in [-0.39, 0.29) is 5.84 Å². The molecule has 2 aromatic heterocycles. The largest absolute Gasteiger partial charge is 0.409 e. The molecule has 3 N–H and O–H groups in total. The molecule has 0 bridgehead atoms. The number of pyridine rings is 1. The number of oxime groups is 1. The van der Waals surface area contributed by atoms with Crippen molar-refractivity contribution in [1.82, 2.24) is 14.3 Å². The zero-order valence-electron chi connectivity index (χ0n) is 9.78. The normalized spacial score (nSPS) is 11.8. The highest BCUT2D eigenvalue weighted by Crippen LogP contribution is 2.31. The van der Waals surface area contributed by atoms with E-state index in [2.05, 4.69) is 19.5 Å². The first-order chi connectivity index (χ1) is 8.61. The van der Waals surface area contributed by atoms with Gasteiger partial charge in [-0.15, -0.1) is 0 Å². The first-order valence-corrected chi connectivity index (χ1v) is 6.61. The monoisotopic (exact) mass is 281 g/mol. The summed E-state index contributed by atoms with van der Waals surface area (Å²) in [5, 5.41) is 12.5. The minimum Gasteiger partial charge on any atom is -0.409 e. The Hall–Kier alpha value is -1.67. The Morgan fingerprint density at radius 1 is 1.50 bits per heavy atom. The first kappa shape index (κ1) is 12.8.